The number of hydrogen-bond acceptors (Lipinski definition) is 3. The van der Waals surface area contributed by atoms with Crippen LogP contribution in [0.1, 0.15) is 0 Å². The van der Waals surface area contributed by atoms with Crippen molar-refractivity contribution in [3.63, 3.8) is 0 Å². The highest BCUT2D eigenvalue weighted by molar-refractivity contribution is 5.91. The van der Waals surface area contributed by atoms with E-state index in [0.717, 1.165) is 27.9 Å². The molecule has 0 radical (unpaired) electrons. The molecule has 4 aromatic rings. The first-order valence-electron chi connectivity index (χ1n) is 6.37. The minimum absolute atomic E-state index is 0.787. The summed E-state index contributed by atoms with van der Waals surface area (Å²) >= 11 is 0. The summed E-state index contributed by atoms with van der Waals surface area (Å²) in [5, 5.41) is 9.53. The van der Waals surface area contributed by atoms with E-state index in [2.05, 4.69) is 10.3 Å². The van der Waals surface area contributed by atoms with Gasteiger partial charge < -0.3 is 4.52 Å². The maximum Gasteiger partial charge on any atom is 0.167 e. The smallest absolute Gasteiger partial charge is 0.167 e. The van der Waals surface area contributed by atoms with Gasteiger partial charge in [0, 0.05) is 17.1 Å². The molecule has 0 aliphatic carbocycles. The Bertz CT molecular complexity index is 861. The Kier molecular flexibility index (Phi) is 2.39. The molecule has 20 heavy (non-hydrogen) atoms. The molecule has 0 spiro atoms. The molecule has 2 heterocycles. The van der Waals surface area contributed by atoms with Crippen molar-refractivity contribution in [2.24, 2.45) is 0 Å². The van der Waals surface area contributed by atoms with Gasteiger partial charge in [0.2, 0.25) is 0 Å². The van der Waals surface area contributed by atoms with Crippen molar-refractivity contribution in [1.82, 2.24) is 14.9 Å². The van der Waals surface area contributed by atoms with Crippen LogP contribution in [0.25, 0.3) is 27.9 Å². The molecular formula is C16H11N3O. The topological polar surface area (TPSA) is 43.9 Å². The molecule has 4 nitrogen and oxygen atoms in total. The van der Waals surface area contributed by atoms with Crippen LogP contribution in [0.4, 0.5) is 0 Å². The summed E-state index contributed by atoms with van der Waals surface area (Å²) in [5.41, 5.74) is 3.57. The van der Waals surface area contributed by atoms with E-state index in [4.69, 9.17) is 4.52 Å². The van der Waals surface area contributed by atoms with Gasteiger partial charge in [-0.1, -0.05) is 35.5 Å². The van der Waals surface area contributed by atoms with E-state index < -0.39 is 0 Å². The van der Waals surface area contributed by atoms with E-state index in [1.807, 2.05) is 65.5 Å². The number of rotatable bonds is 2. The summed E-state index contributed by atoms with van der Waals surface area (Å²) in [5.74, 6) is 0. The lowest BCUT2D eigenvalue weighted by atomic mass is 10.1. The molecule has 0 saturated heterocycles. The molecule has 2 aromatic carbocycles. The minimum atomic E-state index is 0.787. The van der Waals surface area contributed by atoms with E-state index in [0.29, 0.717) is 0 Å². The zero-order valence-corrected chi connectivity index (χ0v) is 10.6. The summed E-state index contributed by atoms with van der Waals surface area (Å²) < 4.78 is 7.16. The first kappa shape index (κ1) is 11.0. The van der Waals surface area contributed by atoms with Crippen molar-refractivity contribution in [2.75, 3.05) is 0 Å². The minimum Gasteiger partial charge on any atom is -0.356 e. The third-order valence-corrected chi connectivity index (χ3v) is 3.25. The van der Waals surface area contributed by atoms with Crippen LogP contribution in [0.3, 0.4) is 0 Å². The molecule has 0 N–H and O–H groups in total. The fraction of sp³-hybridized carbons (Fsp3) is 0. The number of fused-ring (bicyclic) bond motifs is 1. The molecule has 0 amide bonds. The van der Waals surface area contributed by atoms with Crippen LogP contribution < -0.4 is 0 Å². The van der Waals surface area contributed by atoms with Crippen LogP contribution in [0.5, 0.6) is 0 Å². The second kappa shape index (κ2) is 4.35. The first-order valence-corrected chi connectivity index (χ1v) is 6.37. The zero-order chi connectivity index (χ0) is 13.4. The second-order valence-electron chi connectivity index (χ2n) is 4.54. The molecule has 2 aromatic heterocycles. The monoisotopic (exact) mass is 261 g/mol. The quantitative estimate of drug-likeness (QED) is 0.553. The second-order valence-corrected chi connectivity index (χ2v) is 4.54. The van der Waals surface area contributed by atoms with Crippen molar-refractivity contribution in [1.29, 1.82) is 0 Å². The Morgan fingerprint density at radius 1 is 0.900 bits per heavy atom. The van der Waals surface area contributed by atoms with Crippen LogP contribution in [-0.2, 0) is 0 Å². The lowest BCUT2D eigenvalue weighted by molar-refractivity contribution is 0.459. The lowest BCUT2D eigenvalue weighted by Crippen LogP contribution is -1.92. The van der Waals surface area contributed by atoms with Crippen molar-refractivity contribution in [3.05, 3.63) is 67.0 Å². The first-order chi connectivity index (χ1) is 9.92. The highest BCUT2D eigenvalue weighted by Crippen LogP contribution is 2.27. The Balaban J connectivity index is 1.82. The van der Waals surface area contributed by atoms with Crippen molar-refractivity contribution in [3.8, 4) is 16.9 Å². The molecule has 4 rings (SSSR count). The van der Waals surface area contributed by atoms with Crippen molar-refractivity contribution >= 4 is 11.0 Å². The standard InChI is InChI=1S/C16H11N3O/c1-2-6-13(7-3-1)19-11-12(10-17-19)16-14-8-4-5-9-15(14)20-18-16/h1-11H. The maximum absolute atomic E-state index is 5.33. The highest BCUT2D eigenvalue weighted by atomic mass is 16.5. The van der Waals surface area contributed by atoms with Gasteiger partial charge >= 0.3 is 0 Å². The fourth-order valence-electron chi connectivity index (χ4n) is 2.26. The van der Waals surface area contributed by atoms with E-state index >= 15 is 0 Å². The summed E-state index contributed by atoms with van der Waals surface area (Å²) in [4.78, 5) is 0. The predicted molar refractivity (Wildman–Crippen MR) is 76.6 cm³/mol. The normalized spacial score (nSPS) is 11.0. The Labute approximate surface area is 115 Å². The summed E-state index contributed by atoms with van der Waals surface area (Å²) in [6, 6.07) is 17.8. The van der Waals surface area contributed by atoms with Crippen molar-refractivity contribution < 1.29 is 4.52 Å². The van der Waals surface area contributed by atoms with E-state index in [9.17, 15) is 0 Å². The third kappa shape index (κ3) is 1.70. The molecular weight excluding hydrogens is 250 g/mol. The molecule has 0 unspecified atom stereocenters. The predicted octanol–water partition coefficient (Wildman–Crippen LogP) is 3.68. The van der Waals surface area contributed by atoms with Gasteiger partial charge in [0.25, 0.3) is 0 Å². The maximum atomic E-state index is 5.33. The van der Waals surface area contributed by atoms with Crippen LogP contribution in [-0.4, -0.2) is 14.9 Å². The van der Waals surface area contributed by atoms with Gasteiger partial charge in [-0.2, -0.15) is 5.10 Å². The van der Waals surface area contributed by atoms with Gasteiger partial charge in [-0.25, -0.2) is 4.68 Å². The Morgan fingerprint density at radius 3 is 2.60 bits per heavy atom. The summed E-state index contributed by atoms with van der Waals surface area (Å²) in [6.45, 7) is 0. The van der Waals surface area contributed by atoms with Gasteiger partial charge in [0.05, 0.1) is 11.9 Å². The molecule has 96 valence electrons. The number of benzene rings is 2. The van der Waals surface area contributed by atoms with Gasteiger partial charge in [0.1, 0.15) is 5.69 Å². The van der Waals surface area contributed by atoms with Crippen molar-refractivity contribution in [2.45, 2.75) is 0 Å². The molecule has 0 atom stereocenters. The average Bonchev–Trinajstić information content (AvgIpc) is 3.14. The lowest BCUT2D eigenvalue weighted by Gasteiger charge is -1.98. The van der Waals surface area contributed by atoms with E-state index in [-0.39, 0.29) is 0 Å². The van der Waals surface area contributed by atoms with Crippen LogP contribution >= 0.6 is 0 Å². The van der Waals surface area contributed by atoms with Crippen LogP contribution in [0, 0.1) is 0 Å². The van der Waals surface area contributed by atoms with Crippen LogP contribution in [0.15, 0.2) is 71.5 Å². The SMILES string of the molecule is c1ccc(-n2cc(-c3noc4ccccc34)cn2)cc1. The Hall–Kier alpha value is -2.88. The average molecular weight is 261 g/mol. The van der Waals surface area contributed by atoms with Crippen LogP contribution in [0.2, 0.25) is 0 Å². The summed E-state index contributed by atoms with van der Waals surface area (Å²) in [6.07, 6.45) is 3.76. The fourth-order valence-corrected chi connectivity index (χ4v) is 2.26. The highest BCUT2D eigenvalue weighted by Gasteiger charge is 2.11. The molecule has 4 heteroatoms. The third-order valence-electron chi connectivity index (χ3n) is 3.25. The van der Waals surface area contributed by atoms with E-state index in [1.54, 1.807) is 6.20 Å². The number of aromatic nitrogens is 3. The largest absolute Gasteiger partial charge is 0.356 e. The van der Waals surface area contributed by atoms with Gasteiger partial charge in [-0.3, -0.25) is 0 Å². The number of para-hydroxylation sites is 2. The van der Waals surface area contributed by atoms with Gasteiger partial charge in [-0.05, 0) is 24.3 Å². The Morgan fingerprint density at radius 2 is 1.70 bits per heavy atom. The number of nitrogens with zero attached hydrogens (tertiary/aromatic N) is 3. The number of hydrogen-bond donors (Lipinski definition) is 0. The molecule has 0 aliphatic heterocycles. The molecule has 0 fully saturated rings. The summed E-state index contributed by atoms with van der Waals surface area (Å²) in [7, 11) is 0. The van der Waals surface area contributed by atoms with Gasteiger partial charge in [-0.15, -0.1) is 0 Å². The van der Waals surface area contributed by atoms with E-state index in [1.165, 1.54) is 0 Å². The molecule has 0 aliphatic rings. The molecule has 0 saturated carbocycles. The molecule has 0 bridgehead atoms. The zero-order valence-electron chi connectivity index (χ0n) is 10.6. The van der Waals surface area contributed by atoms with Gasteiger partial charge in [0.15, 0.2) is 5.58 Å².